The molecule has 176 valence electrons. The molecule has 8 heteroatoms. The quantitative estimate of drug-likeness (QED) is 0.591. The minimum absolute atomic E-state index is 0.0253. The first-order valence-corrected chi connectivity index (χ1v) is 12.3. The summed E-state index contributed by atoms with van der Waals surface area (Å²) in [5, 5.41) is 5.21. The number of hydrogen-bond acceptors (Lipinski definition) is 6. The van der Waals surface area contributed by atoms with Gasteiger partial charge in [-0.1, -0.05) is 48.5 Å². The first kappa shape index (κ1) is 22.4. The maximum absolute atomic E-state index is 12.9. The number of piperazine rings is 1. The molecule has 34 heavy (non-hydrogen) atoms. The van der Waals surface area contributed by atoms with Crippen molar-refractivity contribution in [2.75, 3.05) is 39.3 Å². The predicted octanol–water partition coefficient (Wildman–Crippen LogP) is 2.94. The van der Waals surface area contributed by atoms with Gasteiger partial charge in [-0.25, -0.2) is 0 Å². The van der Waals surface area contributed by atoms with Crippen LogP contribution in [0.15, 0.2) is 72.1 Å². The van der Waals surface area contributed by atoms with Crippen LogP contribution in [-0.2, 0) is 9.59 Å². The fourth-order valence-corrected chi connectivity index (χ4v) is 5.10. The zero-order chi connectivity index (χ0) is 23.3. The van der Waals surface area contributed by atoms with Crippen LogP contribution in [0.1, 0.15) is 16.5 Å². The number of nitrogens with zero attached hydrogens (tertiary/aromatic N) is 2. The number of thiophene rings is 1. The number of nitrogens with one attached hydrogen (secondary N) is 1. The third-order valence-electron chi connectivity index (χ3n) is 6.10. The maximum Gasteiger partial charge on any atom is 0.267 e. The predicted molar refractivity (Wildman–Crippen MR) is 130 cm³/mol. The lowest BCUT2D eigenvalue weighted by Gasteiger charge is -2.37. The van der Waals surface area contributed by atoms with E-state index in [2.05, 4.69) is 10.2 Å². The van der Waals surface area contributed by atoms with Gasteiger partial charge in [-0.3, -0.25) is 14.5 Å². The van der Waals surface area contributed by atoms with Crippen LogP contribution < -0.4 is 14.8 Å². The van der Waals surface area contributed by atoms with Crippen LogP contribution in [-0.4, -0.2) is 67.0 Å². The van der Waals surface area contributed by atoms with Crippen LogP contribution >= 0.6 is 11.3 Å². The van der Waals surface area contributed by atoms with Gasteiger partial charge in [0.2, 0.25) is 12.0 Å². The first-order valence-electron chi connectivity index (χ1n) is 11.4. The molecule has 1 saturated heterocycles. The van der Waals surface area contributed by atoms with E-state index in [4.69, 9.17) is 9.47 Å². The molecule has 0 aliphatic carbocycles. The van der Waals surface area contributed by atoms with Gasteiger partial charge in [-0.15, -0.1) is 11.3 Å². The summed E-state index contributed by atoms with van der Waals surface area (Å²) in [6.07, 6.45) is -0.637. The highest BCUT2D eigenvalue weighted by atomic mass is 32.1. The molecule has 1 aromatic heterocycles. The van der Waals surface area contributed by atoms with Crippen molar-refractivity contribution >= 4 is 23.2 Å². The lowest BCUT2D eigenvalue weighted by atomic mass is 10.1. The van der Waals surface area contributed by atoms with Crippen LogP contribution in [0.5, 0.6) is 11.5 Å². The zero-order valence-corrected chi connectivity index (χ0v) is 19.6. The Hall–Kier alpha value is -3.36. The molecule has 0 unspecified atom stereocenters. The fourth-order valence-electron chi connectivity index (χ4n) is 4.30. The van der Waals surface area contributed by atoms with Gasteiger partial charge in [-0.2, -0.15) is 0 Å². The van der Waals surface area contributed by atoms with E-state index in [0.717, 1.165) is 10.4 Å². The molecule has 1 N–H and O–H groups in total. The van der Waals surface area contributed by atoms with E-state index in [1.807, 2.05) is 72.1 Å². The molecule has 0 radical (unpaired) electrons. The maximum atomic E-state index is 12.9. The zero-order valence-electron chi connectivity index (χ0n) is 18.8. The second-order valence-electron chi connectivity index (χ2n) is 8.39. The van der Waals surface area contributed by atoms with Crippen molar-refractivity contribution in [2.45, 2.75) is 12.1 Å². The minimum Gasteiger partial charge on any atom is -0.485 e. The fraction of sp³-hybridized carbons (Fsp3) is 0.308. The van der Waals surface area contributed by atoms with Gasteiger partial charge in [0.15, 0.2) is 11.5 Å². The Morgan fingerprint density at radius 2 is 1.68 bits per heavy atom. The van der Waals surface area contributed by atoms with Gasteiger partial charge in [0, 0.05) is 31.1 Å². The molecule has 2 aliphatic rings. The van der Waals surface area contributed by atoms with Crippen molar-refractivity contribution in [3.63, 3.8) is 0 Å². The molecule has 0 saturated carbocycles. The Balaban J connectivity index is 1.13. The second-order valence-corrected chi connectivity index (χ2v) is 9.37. The number of ether oxygens (including phenoxy) is 2. The van der Waals surface area contributed by atoms with Gasteiger partial charge >= 0.3 is 0 Å². The number of fused-ring (bicyclic) bond motifs is 1. The molecule has 2 atom stereocenters. The third kappa shape index (κ3) is 5.08. The Morgan fingerprint density at radius 3 is 2.41 bits per heavy atom. The summed E-state index contributed by atoms with van der Waals surface area (Å²) in [6, 6.07) is 21.3. The topological polar surface area (TPSA) is 71.1 Å². The Labute approximate surface area is 202 Å². The summed E-state index contributed by atoms with van der Waals surface area (Å²) in [5.74, 6) is 1.17. The largest absolute Gasteiger partial charge is 0.485 e. The molecule has 0 bridgehead atoms. The van der Waals surface area contributed by atoms with Crippen LogP contribution in [0, 0.1) is 0 Å². The van der Waals surface area contributed by atoms with Crippen molar-refractivity contribution in [3.8, 4) is 11.5 Å². The number of amides is 2. The van der Waals surface area contributed by atoms with E-state index in [1.54, 1.807) is 16.2 Å². The standard InChI is InChI=1S/C26H27N3O4S/c30-24(27-25(23-11-6-16-34-23)19-7-2-1-3-8-19)17-28-12-14-29(15-13-28)26(31)22-18-32-20-9-4-5-10-21(20)33-22/h1-11,16,22,25H,12-15,17-18H2,(H,27,30)/t22-,25+/m0/s1. The van der Waals surface area contributed by atoms with Gasteiger partial charge in [0.1, 0.15) is 6.61 Å². The summed E-state index contributed by atoms with van der Waals surface area (Å²) < 4.78 is 11.6. The number of benzene rings is 2. The molecule has 5 rings (SSSR count). The van der Waals surface area contributed by atoms with Crippen molar-refractivity contribution in [1.29, 1.82) is 0 Å². The molecule has 7 nitrogen and oxygen atoms in total. The molecule has 3 heterocycles. The number of carbonyl (C=O) groups is 2. The molecule has 3 aromatic rings. The third-order valence-corrected chi connectivity index (χ3v) is 7.04. The molecule has 0 spiro atoms. The van der Waals surface area contributed by atoms with Crippen molar-refractivity contribution in [2.24, 2.45) is 0 Å². The smallest absolute Gasteiger partial charge is 0.267 e. The highest BCUT2D eigenvalue weighted by molar-refractivity contribution is 7.10. The SMILES string of the molecule is O=C(CN1CCN(C(=O)[C@@H]2COc3ccccc3O2)CC1)N[C@H](c1ccccc1)c1cccs1. The Kier molecular flexibility index (Phi) is 6.78. The van der Waals surface area contributed by atoms with Crippen molar-refractivity contribution in [1.82, 2.24) is 15.1 Å². The van der Waals surface area contributed by atoms with Crippen LogP contribution in [0.25, 0.3) is 0 Å². The lowest BCUT2D eigenvalue weighted by Crippen LogP contribution is -2.55. The summed E-state index contributed by atoms with van der Waals surface area (Å²) in [6.45, 7) is 2.90. The van der Waals surface area contributed by atoms with E-state index in [-0.39, 0.29) is 24.5 Å². The monoisotopic (exact) mass is 477 g/mol. The minimum atomic E-state index is -0.637. The number of hydrogen-bond donors (Lipinski definition) is 1. The molecular formula is C26H27N3O4S. The van der Waals surface area contributed by atoms with E-state index in [1.165, 1.54) is 0 Å². The highest BCUT2D eigenvalue weighted by Gasteiger charge is 2.33. The average Bonchev–Trinajstić information content (AvgIpc) is 3.42. The van der Waals surface area contributed by atoms with Crippen LogP contribution in [0.3, 0.4) is 0 Å². The van der Waals surface area contributed by atoms with Crippen LogP contribution in [0.4, 0.5) is 0 Å². The van der Waals surface area contributed by atoms with Gasteiger partial charge < -0.3 is 19.7 Å². The average molecular weight is 478 g/mol. The Morgan fingerprint density at radius 1 is 0.941 bits per heavy atom. The molecular weight excluding hydrogens is 450 g/mol. The van der Waals surface area contributed by atoms with E-state index < -0.39 is 6.10 Å². The highest BCUT2D eigenvalue weighted by Crippen LogP contribution is 2.31. The van der Waals surface area contributed by atoms with E-state index >= 15 is 0 Å². The van der Waals surface area contributed by atoms with E-state index in [0.29, 0.717) is 44.2 Å². The molecule has 2 aliphatic heterocycles. The summed E-state index contributed by atoms with van der Waals surface area (Å²) in [7, 11) is 0. The van der Waals surface area contributed by atoms with Gasteiger partial charge in [0.05, 0.1) is 12.6 Å². The number of carbonyl (C=O) groups excluding carboxylic acids is 2. The number of para-hydroxylation sites is 2. The first-order chi connectivity index (χ1) is 16.7. The Bertz CT molecular complexity index is 1110. The second kappa shape index (κ2) is 10.3. The van der Waals surface area contributed by atoms with Gasteiger partial charge in [0.25, 0.3) is 5.91 Å². The lowest BCUT2D eigenvalue weighted by molar-refractivity contribution is -0.143. The summed E-state index contributed by atoms with van der Waals surface area (Å²) in [4.78, 5) is 30.8. The van der Waals surface area contributed by atoms with Crippen LogP contribution in [0.2, 0.25) is 0 Å². The summed E-state index contributed by atoms with van der Waals surface area (Å²) >= 11 is 1.63. The molecule has 2 amide bonds. The normalized spacial score (nSPS) is 18.8. The summed E-state index contributed by atoms with van der Waals surface area (Å²) in [5.41, 5.74) is 1.06. The van der Waals surface area contributed by atoms with Gasteiger partial charge in [-0.05, 0) is 29.1 Å². The number of rotatable bonds is 6. The molecule has 1 fully saturated rings. The van der Waals surface area contributed by atoms with Crippen molar-refractivity contribution in [3.05, 3.63) is 82.6 Å². The molecule has 2 aromatic carbocycles. The van der Waals surface area contributed by atoms with Crippen molar-refractivity contribution < 1.29 is 19.1 Å². The van der Waals surface area contributed by atoms with E-state index in [9.17, 15) is 9.59 Å².